The quantitative estimate of drug-likeness (QED) is 0.592. The lowest BCUT2D eigenvalue weighted by Crippen LogP contribution is -2.45. The predicted molar refractivity (Wildman–Crippen MR) is 109 cm³/mol. The Morgan fingerprint density at radius 2 is 2.04 bits per heavy atom. The third kappa shape index (κ3) is 3.72. The molecule has 1 aromatic rings. The number of morpholine rings is 1. The summed E-state index contributed by atoms with van der Waals surface area (Å²) in [5.41, 5.74) is 3.29. The zero-order chi connectivity index (χ0) is 20.5. The minimum atomic E-state index is -0.253. The van der Waals surface area contributed by atoms with E-state index in [1.165, 1.54) is 5.56 Å². The minimum Gasteiger partial charge on any atom is -0.496 e. The van der Waals surface area contributed by atoms with E-state index in [4.69, 9.17) is 9.47 Å². The Balaban J connectivity index is 2.02. The summed E-state index contributed by atoms with van der Waals surface area (Å²) >= 11 is 0. The van der Waals surface area contributed by atoms with Crippen LogP contribution < -0.4 is 9.64 Å². The number of anilines is 1. The molecular formula is C22H29N3O3. The zero-order valence-corrected chi connectivity index (χ0v) is 17.4. The van der Waals surface area contributed by atoms with E-state index in [1.807, 2.05) is 6.07 Å². The van der Waals surface area contributed by atoms with Crippen LogP contribution in [0.4, 0.5) is 5.69 Å². The summed E-state index contributed by atoms with van der Waals surface area (Å²) in [5, 5.41) is 9.61. The average Bonchev–Trinajstić information content (AvgIpc) is 2.69. The van der Waals surface area contributed by atoms with Crippen molar-refractivity contribution in [2.24, 2.45) is 0 Å². The van der Waals surface area contributed by atoms with Crippen molar-refractivity contribution in [1.29, 1.82) is 5.26 Å². The number of ether oxygens (including phenoxy) is 2. The number of carbonyl (C=O) groups is 1. The van der Waals surface area contributed by atoms with Gasteiger partial charge in [0.2, 0.25) is 0 Å². The second kappa shape index (κ2) is 7.84. The Hall–Kier alpha value is -2.52. The summed E-state index contributed by atoms with van der Waals surface area (Å²) < 4.78 is 10.9. The van der Waals surface area contributed by atoms with Crippen LogP contribution in [0.2, 0.25) is 0 Å². The van der Waals surface area contributed by atoms with Crippen LogP contribution in [0.25, 0.3) is 6.08 Å². The molecule has 1 amide bonds. The molecule has 2 aliphatic rings. The van der Waals surface area contributed by atoms with E-state index in [1.54, 1.807) is 18.1 Å². The van der Waals surface area contributed by atoms with Gasteiger partial charge in [0, 0.05) is 43.0 Å². The van der Waals surface area contributed by atoms with Gasteiger partial charge in [-0.15, -0.1) is 0 Å². The van der Waals surface area contributed by atoms with Crippen LogP contribution >= 0.6 is 0 Å². The molecule has 1 saturated heterocycles. The first-order chi connectivity index (χ1) is 13.3. The van der Waals surface area contributed by atoms with Crippen LogP contribution in [0.5, 0.6) is 5.75 Å². The fraction of sp³-hybridized carbons (Fsp3) is 0.545. The first kappa shape index (κ1) is 20.2. The van der Waals surface area contributed by atoms with Gasteiger partial charge in [-0.05, 0) is 43.9 Å². The highest BCUT2D eigenvalue weighted by atomic mass is 16.5. The van der Waals surface area contributed by atoms with Gasteiger partial charge in [-0.25, -0.2) is 0 Å². The van der Waals surface area contributed by atoms with Crippen molar-refractivity contribution in [3.05, 3.63) is 28.8 Å². The van der Waals surface area contributed by atoms with Crippen molar-refractivity contribution in [3.63, 3.8) is 0 Å². The minimum absolute atomic E-state index is 0.0545. The van der Waals surface area contributed by atoms with Crippen LogP contribution in [0, 0.1) is 11.3 Å². The Bertz CT molecular complexity index is 832. The van der Waals surface area contributed by atoms with E-state index in [9.17, 15) is 10.1 Å². The molecule has 2 heterocycles. The monoisotopic (exact) mass is 383 g/mol. The molecule has 1 atom stereocenters. The number of amides is 1. The van der Waals surface area contributed by atoms with E-state index < -0.39 is 0 Å². The van der Waals surface area contributed by atoms with E-state index >= 15 is 0 Å². The topological polar surface area (TPSA) is 65.8 Å². The van der Waals surface area contributed by atoms with Crippen LogP contribution in [0.15, 0.2) is 17.7 Å². The Morgan fingerprint density at radius 3 is 2.64 bits per heavy atom. The number of rotatable bonds is 3. The molecule has 0 spiro atoms. The van der Waals surface area contributed by atoms with Gasteiger partial charge in [-0.3, -0.25) is 4.79 Å². The second-order valence-corrected chi connectivity index (χ2v) is 8.20. The molecule has 6 heteroatoms. The first-order valence-electron chi connectivity index (χ1n) is 9.73. The first-order valence-corrected chi connectivity index (χ1v) is 9.73. The molecule has 0 N–H and O–H groups in total. The Morgan fingerprint density at radius 1 is 1.36 bits per heavy atom. The average molecular weight is 383 g/mol. The molecule has 6 nitrogen and oxygen atoms in total. The standard InChI is InChI=1S/C22H29N3O3/c1-15-13-22(2,3)24(4)19-12-20(27-5)16(11-18(15)19)10-17(14-23)21(26)25-6-8-28-9-7-25/h10-12,15H,6-9,13H2,1-5H3/b17-10+. The number of benzene rings is 1. The van der Waals surface area contributed by atoms with Gasteiger partial charge in [0.1, 0.15) is 17.4 Å². The molecule has 150 valence electrons. The summed E-state index contributed by atoms with van der Waals surface area (Å²) in [4.78, 5) is 16.7. The Kier molecular flexibility index (Phi) is 5.66. The molecule has 0 bridgehead atoms. The number of hydrogen-bond acceptors (Lipinski definition) is 5. The van der Waals surface area contributed by atoms with Crippen molar-refractivity contribution in [3.8, 4) is 11.8 Å². The Labute approximate surface area is 167 Å². The maximum Gasteiger partial charge on any atom is 0.264 e. The SMILES string of the molecule is COc1cc2c(cc1/C=C(\C#N)C(=O)N1CCOCC1)C(C)CC(C)(C)N2C. The van der Waals surface area contributed by atoms with Gasteiger partial charge in [-0.2, -0.15) is 5.26 Å². The fourth-order valence-electron chi connectivity index (χ4n) is 4.13. The lowest BCUT2D eigenvalue weighted by atomic mass is 9.80. The van der Waals surface area contributed by atoms with Crippen molar-refractivity contribution in [2.45, 2.75) is 38.6 Å². The second-order valence-electron chi connectivity index (χ2n) is 8.20. The molecule has 1 aromatic carbocycles. The van der Waals surface area contributed by atoms with Gasteiger partial charge >= 0.3 is 0 Å². The maximum absolute atomic E-state index is 12.8. The number of fused-ring (bicyclic) bond motifs is 1. The lowest BCUT2D eigenvalue weighted by Gasteiger charge is -2.45. The highest BCUT2D eigenvalue weighted by molar-refractivity contribution is 6.02. The molecule has 2 aliphatic heterocycles. The molecular weight excluding hydrogens is 354 g/mol. The van der Waals surface area contributed by atoms with E-state index in [-0.39, 0.29) is 17.0 Å². The van der Waals surface area contributed by atoms with Gasteiger partial charge in [-0.1, -0.05) is 6.92 Å². The number of nitrogens with zero attached hydrogens (tertiary/aromatic N) is 3. The highest BCUT2D eigenvalue weighted by Gasteiger charge is 2.35. The summed E-state index contributed by atoms with van der Waals surface area (Å²) in [6.45, 7) is 8.73. The molecule has 1 unspecified atom stereocenters. The third-order valence-electron chi connectivity index (χ3n) is 5.93. The van der Waals surface area contributed by atoms with Gasteiger partial charge in [0.15, 0.2) is 0 Å². The molecule has 0 radical (unpaired) electrons. The predicted octanol–water partition coefficient (Wildman–Crippen LogP) is 3.18. The van der Waals surface area contributed by atoms with Crippen molar-refractivity contribution >= 4 is 17.7 Å². The fourth-order valence-corrected chi connectivity index (χ4v) is 4.13. The van der Waals surface area contributed by atoms with Crippen LogP contribution in [0.1, 0.15) is 44.2 Å². The third-order valence-corrected chi connectivity index (χ3v) is 5.93. The van der Waals surface area contributed by atoms with Crippen LogP contribution in [-0.2, 0) is 9.53 Å². The molecule has 0 aromatic heterocycles. The highest BCUT2D eigenvalue weighted by Crippen LogP contribution is 2.45. The maximum atomic E-state index is 12.8. The van der Waals surface area contributed by atoms with Crippen molar-refractivity contribution in [1.82, 2.24) is 4.90 Å². The molecule has 0 aliphatic carbocycles. The van der Waals surface area contributed by atoms with Crippen LogP contribution in [-0.4, -0.2) is 56.8 Å². The zero-order valence-electron chi connectivity index (χ0n) is 17.4. The smallest absolute Gasteiger partial charge is 0.264 e. The largest absolute Gasteiger partial charge is 0.496 e. The van der Waals surface area contributed by atoms with Crippen LogP contribution in [0.3, 0.4) is 0 Å². The van der Waals surface area contributed by atoms with E-state index in [0.29, 0.717) is 38.0 Å². The summed E-state index contributed by atoms with van der Waals surface area (Å²) in [7, 11) is 3.72. The van der Waals surface area contributed by atoms with Crippen molar-refractivity contribution < 1.29 is 14.3 Å². The van der Waals surface area contributed by atoms with Gasteiger partial charge < -0.3 is 19.3 Å². The van der Waals surface area contributed by atoms with Gasteiger partial charge in [0.05, 0.1) is 20.3 Å². The number of hydrogen-bond donors (Lipinski definition) is 0. The lowest BCUT2D eigenvalue weighted by molar-refractivity contribution is -0.130. The van der Waals surface area contributed by atoms with Crippen molar-refractivity contribution in [2.75, 3.05) is 45.4 Å². The normalized spacial score (nSPS) is 21.7. The van der Waals surface area contributed by atoms with E-state index in [2.05, 4.69) is 44.9 Å². The summed E-state index contributed by atoms with van der Waals surface area (Å²) in [6, 6.07) is 6.16. The molecule has 1 fully saturated rings. The number of carbonyl (C=O) groups excluding carboxylic acids is 1. The molecule has 28 heavy (non-hydrogen) atoms. The van der Waals surface area contributed by atoms with Gasteiger partial charge in [0.25, 0.3) is 5.91 Å². The van der Waals surface area contributed by atoms with E-state index in [0.717, 1.165) is 17.7 Å². The number of nitriles is 1. The molecule has 3 rings (SSSR count). The number of methoxy groups -OCH3 is 1. The molecule has 0 saturated carbocycles. The summed E-state index contributed by atoms with van der Waals surface area (Å²) in [6.07, 6.45) is 2.69. The summed E-state index contributed by atoms with van der Waals surface area (Å²) in [5.74, 6) is 0.787.